The topological polar surface area (TPSA) is 44.4 Å². The zero-order valence-corrected chi connectivity index (χ0v) is 16.2. The fourth-order valence-corrected chi connectivity index (χ4v) is 3.36. The molecule has 2 rings (SSSR count). The number of hydrogen-bond acceptors (Lipinski definition) is 4. The Bertz CT molecular complexity index is 473. The molecule has 24 heavy (non-hydrogen) atoms. The van der Waals surface area contributed by atoms with Crippen LogP contribution in [0.5, 0.6) is 0 Å². The van der Waals surface area contributed by atoms with E-state index >= 15 is 0 Å². The van der Waals surface area contributed by atoms with Gasteiger partial charge in [-0.15, -0.1) is 24.8 Å². The molecule has 1 atom stereocenters. The Kier molecular flexibility index (Phi) is 12.5. The van der Waals surface area contributed by atoms with Gasteiger partial charge in [-0.2, -0.15) is 11.8 Å². The van der Waals surface area contributed by atoms with E-state index in [0.717, 1.165) is 36.7 Å². The van der Waals surface area contributed by atoms with Crippen LogP contribution in [0.3, 0.4) is 0 Å². The molecule has 1 heterocycles. The van der Waals surface area contributed by atoms with Crippen LogP contribution in [-0.4, -0.2) is 55.0 Å². The van der Waals surface area contributed by atoms with Gasteiger partial charge in [-0.1, -0.05) is 12.1 Å². The van der Waals surface area contributed by atoms with Crippen molar-refractivity contribution in [3.8, 4) is 0 Å². The molecular formula is C16H26Cl2FN3OS. The molecule has 1 aliphatic heterocycles. The smallest absolute Gasteiger partial charge is 0.221 e. The van der Waals surface area contributed by atoms with Gasteiger partial charge in [0, 0.05) is 50.1 Å². The number of rotatable bonds is 7. The van der Waals surface area contributed by atoms with E-state index in [1.807, 2.05) is 18.8 Å². The predicted octanol–water partition coefficient (Wildman–Crippen LogP) is 2.31. The molecule has 138 valence electrons. The summed E-state index contributed by atoms with van der Waals surface area (Å²) in [6.45, 7) is 3.15. The Hall–Kier alpha value is -0.530. The first kappa shape index (κ1) is 23.5. The Morgan fingerprint density at radius 1 is 1.38 bits per heavy atom. The van der Waals surface area contributed by atoms with Crippen LogP contribution in [0.1, 0.15) is 12.0 Å². The molecule has 1 saturated heterocycles. The number of halogens is 3. The first-order valence-corrected chi connectivity index (χ1v) is 8.80. The van der Waals surface area contributed by atoms with Gasteiger partial charge in [0.15, 0.2) is 0 Å². The maximum atomic E-state index is 12.8. The first-order valence-electron chi connectivity index (χ1n) is 7.64. The minimum Gasteiger partial charge on any atom is -0.355 e. The van der Waals surface area contributed by atoms with E-state index in [9.17, 15) is 9.18 Å². The van der Waals surface area contributed by atoms with Gasteiger partial charge in [-0.25, -0.2) is 4.39 Å². The lowest BCUT2D eigenvalue weighted by atomic mass is 10.2. The van der Waals surface area contributed by atoms with Gasteiger partial charge >= 0.3 is 0 Å². The van der Waals surface area contributed by atoms with Crippen LogP contribution in [0.25, 0.3) is 0 Å². The van der Waals surface area contributed by atoms with E-state index in [2.05, 4.69) is 15.5 Å². The van der Waals surface area contributed by atoms with E-state index in [0.29, 0.717) is 19.0 Å². The predicted molar refractivity (Wildman–Crippen MR) is 104 cm³/mol. The van der Waals surface area contributed by atoms with E-state index < -0.39 is 0 Å². The quantitative estimate of drug-likeness (QED) is 0.740. The summed E-state index contributed by atoms with van der Waals surface area (Å²) in [4.78, 5) is 14.0. The molecule has 0 spiro atoms. The van der Waals surface area contributed by atoms with Gasteiger partial charge in [-0.3, -0.25) is 4.79 Å². The van der Waals surface area contributed by atoms with Gasteiger partial charge in [0.2, 0.25) is 5.91 Å². The normalized spacial score (nSPS) is 16.9. The zero-order valence-electron chi connectivity index (χ0n) is 13.8. The largest absolute Gasteiger partial charge is 0.355 e. The molecule has 8 heteroatoms. The minimum atomic E-state index is -0.215. The first-order chi connectivity index (χ1) is 10.6. The van der Waals surface area contributed by atoms with E-state index in [-0.39, 0.29) is 36.5 Å². The lowest BCUT2D eigenvalue weighted by molar-refractivity contribution is -0.121. The van der Waals surface area contributed by atoms with Crippen molar-refractivity contribution in [1.29, 1.82) is 0 Å². The van der Waals surface area contributed by atoms with Gasteiger partial charge in [0.05, 0.1) is 0 Å². The van der Waals surface area contributed by atoms with Crippen LogP contribution in [-0.2, 0) is 11.3 Å². The standard InChI is InChI=1S/C16H24FN3OS.2ClH/c1-20(11-13-2-4-14(17)5-3-13)8-6-19-16(21)10-15-12-22-9-7-18-15;;/h2-5,15,18H,6-12H2,1H3,(H,19,21);2*1H. The van der Waals surface area contributed by atoms with Gasteiger partial charge < -0.3 is 15.5 Å². The maximum absolute atomic E-state index is 12.8. The number of carbonyl (C=O) groups excluding carboxylic acids is 1. The number of thioether (sulfide) groups is 1. The van der Waals surface area contributed by atoms with Crippen LogP contribution >= 0.6 is 36.6 Å². The molecule has 1 unspecified atom stereocenters. The molecule has 1 fully saturated rings. The van der Waals surface area contributed by atoms with Gasteiger partial charge in [0.1, 0.15) is 5.82 Å². The number of hydrogen-bond donors (Lipinski definition) is 2. The third-order valence-electron chi connectivity index (χ3n) is 3.61. The summed E-state index contributed by atoms with van der Waals surface area (Å²) < 4.78 is 12.8. The summed E-state index contributed by atoms with van der Waals surface area (Å²) in [5, 5.41) is 6.33. The maximum Gasteiger partial charge on any atom is 0.221 e. The number of amides is 1. The molecule has 1 amide bonds. The third kappa shape index (κ3) is 9.08. The molecule has 2 N–H and O–H groups in total. The average molecular weight is 398 g/mol. The Balaban J connectivity index is 0.00000264. The van der Waals surface area contributed by atoms with E-state index in [4.69, 9.17) is 0 Å². The van der Waals surface area contributed by atoms with Crippen molar-refractivity contribution >= 4 is 42.5 Å². The Morgan fingerprint density at radius 2 is 2.08 bits per heavy atom. The minimum absolute atomic E-state index is 0. The van der Waals surface area contributed by atoms with Crippen LogP contribution in [0.2, 0.25) is 0 Å². The monoisotopic (exact) mass is 397 g/mol. The molecule has 1 aromatic rings. The second-order valence-corrected chi connectivity index (χ2v) is 6.79. The summed E-state index contributed by atoms with van der Waals surface area (Å²) in [5.41, 5.74) is 1.07. The molecule has 1 aromatic carbocycles. The lowest BCUT2D eigenvalue weighted by Crippen LogP contribution is -2.42. The second-order valence-electron chi connectivity index (χ2n) is 5.64. The van der Waals surface area contributed by atoms with Crippen LogP contribution in [0.4, 0.5) is 4.39 Å². The zero-order chi connectivity index (χ0) is 15.8. The fourth-order valence-electron chi connectivity index (χ4n) is 2.41. The fraction of sp³-hybridized carbons (Fsp3) is 0.562. The lowest BCUT2D eigenvalue weighted by Gasteiger charge is -2.23. The highest BCUT2D eigenvalue weighted by molar-refractivity contribution is 7.99. The average Bonchev–Trinajstić information content (AvgIpc) is 2.50. The summed E-state index contributed by atoms with van der Waals surface area (Å²) in [5.74, 6) is 2.04. The second kappa shape index (κ2) is 12.8. The number of carbonyl (C=O) groups is 1. The number of likely N-dealkylation sites (N-methyl/N-ethyl adjacent to an activating group) is 1. The van der Waals surface area contributed by atoms with Crippen molar-refractivity contribution in [1.82, 2.24) is 15.5 Å². The van der Waals surface area contributed by atoms with Crippen LogP contribution in [0, 0.1) is 5.82 Å². The van der Waals surface area contributed by atoms with Crippen LogP contribution < -0.4 is 10.6 Å². The highest BCUT2D eigenvalue weighted by atomic mass is 35.5. The molecule has 0 aromatic heterocycles. The molecular weight excluding hydrogens is 372 g/mol. The Morgan fingerprint density at radius 3 is 2.71 bits per heavy atom. The van der Waals surface area contributed by atoms with E-state index in [1.54, 1.807) is 12.1 Å². The summed E-state index contributed by atoms with van der Waals surface area (Å²) in [6, 6.07) is 6.82. The molecule has 0 aliphatic carbocycles. The van der Waals surface area contributed by atoms with Gasteiger partial charge in [-0.05, 0) is 24.7 Å². The van der Waals surface area contributed by atoms with Crippen LogP contribution in [0.15, 0.2) is 24.3 Å². The van der Waals surface area contributed by atoms with Crippen molar-refractivity contribution in [2.45, 2.75) is 19.0 Å². The number of benzene rings is 1. The molecule has 0 saturated carbocycles. The SMILES string of the molecule is CN(CCNC(=O)CC1CSCCN1)Cc1ccc(F)cc1.Cl.Cl. The Labute approximate surface area is 160 Å². The highest BCUT2D eigenvalue weighted by Gasteiger charge is 2.16. The highest BCUT2D eigenvalue weighted by Crippen LogP contribution is 2.10. The molecule has 0 radical (unpaired) electrons. The van der Waals surface area contributed by atoms with Crippen molar-refractivity contribution in [2.75, 3.05) is 38.2 Å². The number of nitrogens with zero attached hydrogens (tertiary/aromatic N) is 1. The van der Waals surface area contributed by atoms with Crippen molar-refractivity contribution in [3.05, 3.63) is 35.6 Å². The van der Waals surface area contributed by atoms with E-state index in [1.165, 1.54) is 12.1 Å². The number of nitrogens with one attached hydrogen (secondary N) is 2. The van der Waals surface area contributed by atoms with Crippen molar-refractivity contribution in [2.24, 2.45) is 0 Å². The summed E-state index contributed by atoms with van der Waals surface area (Å²) >= 11 is 1.90. The molecule has 4 nitrogen and oxygen atoms in total. The summed E-state index contributed by atoms with van der Waals surface area (Å²) in [7, 11) is 1.99. The third-order valence-corrected chi connectivity index (χ3v) is 4.74. The van der Waals surface area contributed by atoms with Crippen molar-refractivity contribution < 1.29 is 9.18 Å². The molecule has 1 aliphatic rings. The van der Waals surface area contributed by atoms with Crippen molar-refractivity contribution in [3.63, 3.8) is 0 Å². The summed E-state index contributed by atoms with van der Waals surface area (Å²) in [6.07, 6.45) is 0.550. The van der Waals surface area contributed by atoms with Gasteiger partial charge in [0.25, 0.3) is 0 Å². The molecule has 0 bridgehead atoms.